The van der Waals surface area contributed by atoms with Crippen molar-refractivity contribution in [3.63, 3.8) is 0 Å². The van der Waals surface area contributed by atoms with Crippen LogP contribution >= 0.6 is 11.6 Å². The summed E-state index contributed by atoms with van der Waals surface area (Å²) < 4.78 is 36.3. The Morgan fingerprint density at radius 3 is 2.47 bits per heavy atom. The molecule has 1 aromatic rings. The molecule has 1 amide bonds. The number of benzene rings is 1. The van der Waals surface area contributed by atoms with Crippen LogP contribution in [0.3, 0.4) is 0 Å². The van der Waals surface area contributed by atoms with Crippen LogP contribution in [0.15, 0.2) is 18.2 Å². The number of anilines is 1. The van der Waals surface area contributed by atoms with Gasteiger partial charge in [-0.3, -0.25) is 4.79 Å². The number of nitrogen functional groups attached to an aromatic ring is 1. The summed E-state index contributed by atoms with van der Waals surface area (Å²) >= 11 is 5.66. The SMILES string of the molecule is CN(CC(F)(F)F)C(=O)c1cc(N)cc(Cl)c1. The molecule has 0 saturated carbocycles. The summed E-state index contributed by atoms with van der Waals surface area (Å²) in [4.78, 5) is 12.2. The molecular weight excluding hydrogens is 257 g/mol. The second-order valence-corrected chi connectivity index (χ2v) is 3.99. The number of carbonyl (C=O) groups excluding carboxylic acids is 1. The van der Waals surface area contributed by atoms with Crippen molar-refractivity contribution in [1.82, 2.24) is 4.90 Å². The van der Waals surface area contributed by atoms with E-state index in [9.17, 15) is 18.0 Å². The summed E-state index contributed by atoms with van der Waals surface area (Å²) in [5.41, 5.74) is 5.70. The number of halogens is 4. The highest BCUT2D eigenvalue weighted by Crippen LogP contribution is 2.20. The van der Waals surface area contributed by atoms with Gasteiger partial charge in [0.25, 0.3) is 5.91 Å². The summed E-state index contributed by atoms with van der Waals surface area (Å²) in [7, 11) is 1.06. The largest absolute Gasteiger partial charge is 0.406 e. The van der Waals surface area contributed by atoms with E-state index in [1.165, 1.54) is 18.2 Å². The van der Waals surface area contributed by atoms with Crippen molar-refractivity contribution in [2.75, 3.05) is 19.3 Å². The van der Waals surface area contributed by atoms with E-state index in [4.69, 9.17) is 17.3 Å². The highest BCUT2D eigenvalue weighted by molar-refractivity contribution is 6.31. The number of nitrogens with zero attached hydrogens (tertiary/aromatic N) is 1. The summed E-state index contributed by atoms with van der Waals surface area (Å²) in [5.74, 6) is -0.781. The first-order valence-corrected chi connectivity index (χ1v) is 4.95. The van der Waals surface area contributed by atoms with Gasteiger partial charge in [0.15, 0.2) is 0 Å². The van der Waals surface area contributed by atoms with Crippen molar-refractivity contribution in [2.24, 2.45) is 0 Å². The number of carbonyl (C=O) groups is 1. The maximum Gasteiger partial charge on any atom is 0.406 e. The maximum atomic E-state index is 12.1. The van der Waals surface area contributed by atoms with Gasteiger partial charge < -0.3 is 10.6 Å². The molecule has 0 radical (unpaired) electrons. The number of hydrogen-bond donors (Lipinski definition) is 1. The molecular formula is C10H10ClF3N2O. The molecule has 0 spiro atoms. The molecule has 0 aromatic heterocycles. The minimum absolute atomic E-state index is 0.0294. The van der Waals surface area contributed by atoms with E-state index in [0.29, 0.717) is 4.90 Å². The van der Waals surface area contributed by atoms with Gasteiger partial charge in [0.2, 0.25) is 0 Å². The lowest BCUT2D eigenvalue weighted by Crippen LogP contribution is -2.35. The Kier molecular flexibility index (Phi) is 3.87. The molecule has 94 valence electrons. The number of rotatable bonds is 2. The van der Waals surface area contributed by atoms with Crippen LogP contribution in [0.1, 0.15) is 10.4 Å². The lowest BCUT2D eigenvalue weighted by atomic mass is 10.2. The van der Waals surface area contributed by atoms with Crippen LogP contribution in [-0.4, -0.2) is 30.6 Å². The van der Waals surface area contributed by atoms with Crippen molar-refractivity contribution in [2.45, 2.75) is 6.18 Å². The zero-order valence-corrected chi connectivity index (χ0v) is 9.64. The fourth-order valence-electron chi connectivity index (χ4n) is 1.30. The molecule has 2 N–H and O–H groups in total. The molecule has 1 aromatic carbocycles. The number of nitrogens with two attached hydrogens (primary N) is 1. The fraction of sp³-hybridized carbons (Fsp3) is 0.300. The Hall–Kier alpha value is -1.43. The van der Waals surface area contributed by atoms with Crippen molar-refractivity contribution in [1.29, 1.82) is 0 Å². The third-order valence-corrected chi connectivity index (χ3v) is 2.15. The van der Waals surface area contributed by atoms with E-state index in [1.54, 1.807) is 0 Å². The average molecular weight is 267 g/mol. The lowest BCUT2D eigenvalue weighted by molar-refractivity contribution is -0.138. The smallest absolute Gasteiger partial charge is 0.399 e. The predicted octanol–water partition coefficient (Wildman–Crippen LogP) is 2.56. The summed E-state index contributed by atoms with van der Waals surface area (Å²) in [5, 5.41) is 0.203. The van der Waals surface area contributed by atoms with Gasteiger partial charge in [-0.05, 0) is 18.2 Å². The Labute approximate surface area is 101 Å². The molecule has 0 heterocycles. The molecule has 0 bridgehead atoms. The summed E-state index contributed by atoms with van der Waals surface area (Å²) in [6.45, 7) is -1.32. The standard InChI is InChI=1S/C10H10ClF3N2O/c1-16(5-10(12,13)14)9(17)6-2-7(11)4-8(15)3-6/h2-4H,5,15H2,1H3. The minimum atomic E-state index is -4.44. The fourth-order valence-corrected chi connectivity index (χ4v) is 1.54. The van der Waals surface area contributed by atoms with Crippen LogP contribution < -0.4 is 5.73 Å². The van der Waals surface area contributed by atoms with Gasteiger partial charge in [-0.15, -0.1) is 0 Å². The Morgan fingerprint density at radius 1 is 1.41 bits per heavy atom. The molecule has 0 atom stereocenters. The van der Waals surface area contributed by atoms with Crippen LogP contribution in [0.5, 0.6) is 0 Å². The minimum Gasteiger partial charge on any atom is -0.399 e. The summed E-state index contributed by atoms with van der Waals surface area (Å²) in [6, 6.07) is 3.95. The lowest BCUT2D eigenvalue weighted by Gasteiger charge is -2.19. The summed E-state index contributed by atoms with van der Waals surface area (Å²) in [6.07, 6.45) is -4.44. The zero-order valence-electron chi connectivity index (χ0n) is 8.88. The highest BCUT2D eigenvalue weighted by atomic mass is 35.5. The first-order valence-electron chi connectivity index (χ1n) is 4.57. The van der Waals surface area contributed by atoms with E-state index >= 15 is 0 Å². The molecule has 0 fully saturated rings. The van der Waals surface area contributed by atoms with E-state index < -0.39 is 18.6 Å². The molecule has 0 unspecified atom stereocenters. The molecule has 0 saturated heterocycles. The third-order valence-electron chi connectivity index (χ3n) is 1.93. The zero-order chi connectivity index (χ0) is 13.2. The van der Waals surface area contributed by atoms with Gasteiger partial charge in [0.1, 0.15) is 6.54 Å². The van der Waals surface area contributed by atoms with Crippen LogP contribution in [0, 0.1) is 0 Å². The van der Waals surface area contributed by atoms with Crippen molar-refractivity contribution < 1.29 is 18.0 Å². The second kappa shape index (κ2) is 4.83. The average Bonchev–Trinajstić information content (AvgIpc) is 2.12. The van der Waals surface area contributed by atoms with Gasteiger partial charge in [-0.2, -0.15) is 13.2 Å². The quantitative estimate of drug-likeness (QED) is 0.836. The third kappa shape index (κ3) is 4.14. The van der Waals surface area contributed by atoms with Crippen molar-refractivity contribution >= 4 is 23.2 Å². The predicted molar refractivity (Wildman–Crippen MR) is 58.9 cm³/mol. The molecule has 0 aliphatic rings. The first kappa shape index (κ1) is 13.6. The molecule has 0 aliphatic carbocycles. The Bertz CT molecular complexity index is 414. The second-order valence-electron chi connectivity index (χ2n) is 3.55. The van der Waals surface area contributed by atoms with Crippen LogP contribution in [-0.2, 0) is 0 Å². The highest BCUT2D eigenvalue weighted by Gasteiger charge is 2.31. The molecule has 3 nitrogen and oxygen atoms in total. The van der Waals surface area contributed by atoms with Crippen LogP contribution in [0.25, 0.3) is 0 Å². The van der Waals surface area contributed by atoms with E-state index in [1.807, 2.05) is 0 Å². The van der Waals surface area contributed by atoms with Gasteiger partial charge in [0.05, 0.1) is 0 Å². The van der Waals surface area contributed by atoms with Crippen molar-refractivity contribution in [3.8, 4) is 0 Å². The topological polar surface area (TPSA) is 46.3 Å². The van der Waals surface area contributed by atoms with Crippen LogP contribution in [0.4, 0.5) is 18.9 Å². The van der Waals surface area contributed by atoms with Gasteiger partial charge in [0, 0.05) is 23.3 Å². The van der Waals surface area contributed by atoms with E-state index in [-0.39, 0.29) is 16.3 Å². The van der Waals surface area contributed by atoms with Gasteiger partial charge in [-0.1, -0.05) is 11.6 Å². The Morgan fingerprint density at radius 2 is 2.00 bits per heavy atom. The Balaban J connectivity index is 2.89. The van der Waals surface area contributed by atoms with Gasteiger partial charge in [-0.25, -0.2) is 0 Å². The molecule has 1 rings (SSSR count). The molecule has 7 heteroatoms. The van der Waals surface area contributed by atoms with Crippen LogP contribution in [0.2, 0.25) is 5.02 Å². The molecule has 17 heavy (non-hydrogen) atoms. The molecule has 0 aliphatic heterocycles. The maximum absolute atomic E-state index is 12.1. The monoisotopic (exact) mass is 266 g/mol. The van der Waals surface area contributed by atoms with E-state index in [0.717, 1.165) is 7.05 Å². The number of hydrogen-bond acceptors (Lipinski definition) is 2. The number of amides is 1. The first-order chi connectivity index (χ1) is 7.69. The normalized spacial score (nSPS) is 11.4. The number of alkyl halides is 3. The van der Waals surface area contributed by atoms with Crippen molar-refractivity contribution in [3.05, 3.63) is 28.8 Å². The van der Waals surface area contributed by atoms with Gasteiger partial charge >= 0.3 is 6.18 Å². The van der Waals surface area contributed by atoms with E-state index in [2.05, 4.69) is 0 Å².